The molecule has 1 fully saturated rings. The minimum atomic E-state index is -3.59. The summed E-state index contributed by atoms with van der Waals surface area (Å²) >= 11 is 1.31. The smallest absolute Gasteiger partial charge is 0.242 e. The molecule has 0 aliphatic heterocycles. The summed E-state index contributed by atoms with van der Waals surface area (Å²) in [5, 5.41) is 12.2. The zero-order valence-electron chi connectivity index (χ0n) is 18.1. The molecule has 1 heterocycles. The second kappa shape index (κ2) is 9.05. The highest BCUT2D eigenvalue weighted by molar-refractivity contribution is 7.99. The molecular weight excluding hydrogens is 446 g/mol. The van der Waals surface area contributed by atoms with Crippen LogP contribution in [0, 0.1) is 6.92 Å². The molecule has 1 aliphatic carbocycles. The Balaban J connectivity index is 1.74. The summed E-state index contributed by atoms with van der Waals surface area (Å²) in [6, 6.07) is 14.8. The van der Waals surface area contributed by atoms with Crippen LogP contribution in [0.3, 0.4) is 0 Å². The highest BCUT2D eigenvalue weighted by atomic mass is 32.2. The molecule has 1 aromatic heterocycles. The summed E-state index contributed by atoms with van der Waals surface area (Å²) in [5.74, 6) is 0.712. The van der Waals surface area contributed by atoms with E-state index in [2.05, 4.69) is 15.5 Å². The third kappa shape index (κ3) is 4.87. The predicted octanol–water partition coefficient (Wildman–Crippen LogP) is 2.86. The van der Waals surface area contributed by atoms with Crippen LogP contribution >= 0.6 is 11.8 Å². The van der Waals surface area contributed by atoms with Crippen molar-refractivity contribution in [3.63, 3.8) is 0 Å². The van der Waals surface area contributed by atoms with Crippen molar-refractivity contribution in [2.45, 2.75) is 35.9 Å². The number of amides is 1. The highest BCUT2D eigenvalue weighted by Crippen LogP contribution is 2.30. The molecule has 4 rings (SSSR count). The SMILES string of the molecule is Cc1cccc(-n2c(SCC(=O)NC3CC3)nnc2-c2cccc(S(=O)(=O)N(C)C)c2)c1. The maximum absolute atomic E-state index is 12.6. The lowest BCUT2D eigenvalue weighted by Crippen LogP contribution is -2.27. The first-order valence-electron chi connectivity index (χ1n) is 10.2. The van der Waals surface area contributed by atoms with Gasteiger partial charge in [-0.25, -0.2) is 12.7 Å². The van der Waals surface area contributed by atoms with Crippen molar-refractivity contribution in [2.75, 3.05) is 19.8 Å². The van der Waals surface area contributed by atoms with E-state index in [1.807, 2.05) is 35.8 Å². The molecule has 3 aromatic rings. The van der Waals surface area contributed by atoms with Crippen molar-refractivity contribution in [2.24, 2.45) is 0 Å². The lowest BCUT2D eigenvalue weighted by atomic mass is 10.2. The van der Waals surface area contributed by atoms with Crippen LogP contribution in [-0.2, 0) is 14.8 Å². The number of rotatable bonds is 8. The molecular formula is C22H25N5O3S2. The van der Waals surface area contributed by atoms with E-state index in [0.717, 1.165) is 24.1 Å². The van der Waals surface area contributed by atoms with E-state index in [-0.39, 0.29) is 16.6 Å². The predicted molar refractivity (Wildman–Crippen MR) is 124 cm³/mol. The van der Waals surface area contributed by atoms with Crippen LogP contribution in [-0.4, -0.2) is 59.3 Å². The van der Waals surface area contributed by atoms with Crippen molar-refractivity contribution < 1.29 is 13.2 Å². The van der Waals surface area contributed by atoms with E-state index in [1.54, 1.807) is 24.3 Å². The Labute approximate surface area is 192 Å². The fourth-order valence-corrected chi connectivity index (χ4v) is 4.89. The van der Waals surface area contributed by atoms with Gasteiger partial charge in [0.15, 0.2) is 11.0 Å². The zero-order chi connectivity index (χ0) is 22.9. The normalized spacial score (nSPS) is 14.0. The third-order valence-electron chi connectivity index (χ3n) is 5.04. The Kier molecular flexibility index (Phi) is 6.36. The highest BCUT2D eigenvalue weighted by Gasteiger charge is 2.24. The second-order valence-corrected chi connectivity index (χ2v) is 11.0. The van der Waals surface area contributed by atoms with E-state index < -0.39 is 10.0 Å². The van der Waals surface area contributed by atoms with Gasteiger partial charge in [0.05, 0.1) is 10.6 Å². The molecule has 1 saturated carbocycles. The van der Waals surface area contributed by atoms with E-state index in [4.69, 9.17) is 0 Å². The number of benzene rings is 2. The Morgan fingerprint density at radius 1 is 1.16 bits per heavy atom. The number of hydrogen-bond donors (Lipinski definition) is 1. The van der Waals surface area contributed by atoms with Gasteiger partial charge in [0.1, 0.15) is 0 Å². The van der Waals surface area contributed by atoms with Gasteiger partial charge in [0.25, 0.3) is 0 Å². The van der Waals surface area contributed by atoms with E-state index >= 15 is 0 Å². The Morgan fingerprint density at radius 3 is 2.59 bits per heavy atom. The lowest BCUT2D eigenvalue weighted by molar-refractivity contribution is -0.118. The van der Waals surface area contributed by atoms with Crippen molar-refractivity contribution >= 4 is 27.7 Å². The first-order valence-corrected chi connectivity index (χ1v) is 12.7. The van der Waals surface area contributed by atoms with Gasteiger partial charge >= 0.3 is 0 Å². The number of carbonyl (C=O) groups excluding carboxylic acids is 1. The number of sulfonamides is 1. The summed E-state index contributed by atoms with van der Waals surface area (Å²) < 4.78 is 28.3. The molecule has 2 aromatic carbocycles. The molecule has 1 N–H and O–H groups in total. The van der Waals surface area contributed by atoms with Gasteiger partial charge in [-0.05, 0) is 49.6 Å². The summed E-state index contributed by atoms with van der Waals surface area (Å²) in [7, 11) is -0.597. The van der Waals surface area contributed by atoms with E-state index in [1.165, 1.54) is 30.2 Å². The number of nitrogens with one attached hydrogen (secondary N) is 1. The number of aryl methyl sites for hydroxylation is 1. The Morgan fingerprint density at radius 2 is 1.91 bits per heavy atom. The molecule has 0 atom stereocenters. The zero-order valence-corrected chi connectivity index (χ0v) is 19.8. The van der Waals surface area contributed by atoms with E-state index in [0.29, 0.717) is 22.6 Å². The fourth-order valence-electron chi connectivity index (χ4n) is 3.18. The number of nitrogens with zero attached hydrogens (tertiary/aromatic N) is 4. The van der Waals surface area contributed by atoms with Crippen LogP contribution in [0.2, 0.25) is 0 Å². The first-order chi connectivity index (χ1) is 15.3. The number of hydrogen-bond acceptors (Lipinski definition) is 6. The van der Waals surface area contributed by atoms with Gasteiger partial charge in [-0.2, -0.15) is 0 Å². The molecule has 168 valence electrons. The molecule has 0 saturated heterocycles. The van der Waals surface area contributed by atoms with E-state index in [9.17, 15) is 13.2 Å². The van der Waals surface area contributed by atoms with Crippen LogP contribution in [0.1, 0.15) is 18.4 Å². The topological polar surface area (TPSA) is 97.2 Å². The van der Waals surface area contributed by atoms with Crippen LogP contribution in [0.25, 0.3) is 17.1 Å². The summed E-state index contributed by atoms with van der Waals surface area (Å²) in [5.41, 5.74) is 2.53. The van der Waals surface area contributed by atoms with Crippen LogP contribution in [0.15, 0.2) is 58.6 Å². The molecule has 1 amide bonds. The summed E-state index contributed by atoms with van der Waals surface area (Å²) in [6.45, 7) is 1.99. The van der Waals surface area contributed by atoms with Gasteiger partial charge in [-0.15, -0.1) is 10.2 Å². The van der Waals surface area contributed by atoms with Crippen LogP contribution in [0.5, 0.6) is 0 Å². The number of thioether (sulfide) groups is 1. The lowest BCUT2D eigenvalue weighted by Gasteiger charge is -2.14. The van der Waals surface area contributed by atoms with Gasteiger partial charge in [0.2, 0.25) is 15.9 Å². The monoisotopic (exact) mass is 471 g/mol. The molecule has 32 heavy (non-hydrogen) atoms. The average molecular weight is 472 g/mol. The molecule has 8 nitrogen and oxygen atoms in total. The van der Waals surface area contributed by atoms with Crippen molar-refractivity contribution in [1.29, 1.82) is 0 Å². The van der Waals surface area contributed by atoms with Gasteiger partial charge in [-0.1, -0.05) is 36.0 Å². The van der Waals surface area contributed by atoms with Crippen molar-refractivity contribution in [1.82, 2.24) is 24.4 Å². The van der Waals surface area contributed by atoms with Crippen LogP contribution < -0.4 is 5.32 Å². The second-order valence-electron chi connectivity index (χ2n) is 7.93. The summed E-state index contributed by atoms with van der Waals surface area (Å²) in [4.78, 5) is 12.4. The standard InChI is InChI=1S/C22H25N5O3S2/c1-15-6-4-8-18(12-15)27-21(16-7-5-9-19(13-16)32(29,30)26(2)3)24-25-22(27)31-14-20(28)23-17-10-11-17/h4-9,12-13,17H,10-11,14H2,1-3H3,(H,23,28). The number of aromatic nitrogens is 3. The van der Waals surface area contributed by atoms with Crippen LogP contribution in [0.4, 0.5) is 0 Å². The minimum absolute atomic E-state index is 0.0306. The maximum atomic E-state index is 12.6. The Hall–Kier alpha value is -2.69. The van der Waals surface area contributed by atoms with Gasteiger partial charge < -0.3 is 5.32 Å². The number of carbonyl (C=O) groups is 1. The largest absolute Gasteiger partial charge is 0.353 e. The van der Waals surface area contributed by atoms with Gasteiger partial charge in [0, 0.05) is 31.4 Å². The van der Waals surface area contributed by atoms with Crippen molar-refractivity contribution in [3.8, 4) is 17.1 Å². The Bertz CT molecular complexity index is 1250. The quantitative estimate of drug-likeness (QED) is 0.508. The maximum Gasteiger partial charge on any atom is 0.242 e. The molecule has 0 radical (unpaired) electrons. The molecule has 0 bridgehead atoms. The summed E-state index contributed by atoms with van der Waals surface area (Å²) in [6.07, 6.45) is 2.07. The average Bonchev–Trinajstić information content (AvgIpc) is 3.47. The van der Waals surface area contributed by atoms with Gasteiger partial charge in [-0.3, -0.25) is 9.36 Å². The molecule has 1 aliphatic rings. The first kappa shape index (κ1) is 22.5. The fraction of sp³-hybridized carbons (Fsp3) is 0.318. The molecule has 10 heteroatoms. The van der Waals surface area contributed by atoms with Crippen molar-refractivity contribution in [3.05, 3.63) is 54.1 Å². The minimum Gasteiger partial charge on any atom is -0.353 e. The third-order valence-corrected chi connectivity index (χ3v) is 7.78. The molecule has 0 spiro atoms. The molecule has 0 unspecified atom stereocenters.